The maximum atomic E-state index is 11.1. The van der Waals surface area contributed by atoms with Crippen molar-refractivity contribution in [3.63, 3.8) is 0 Å². The number of rotatable bonds is 2. The summed E-state index contributed by atoms with van der Waals surface area (Å²) in [6.45, 7) is 3.35. The normalized spacial score (nSPS) is 12.7. The van der Waals surface area contributed by atoms with Crippen LogP contribution in [-0.2, 0) is 11.2 Å². The first-order chi connectivity index (χ1) is 6.70. The number of nitrogens with one attached hydrogen (secondary N) is 1. The van der Waals surface area contributed by atoms with Crippen LogP contribution in [0.15, 0.2) is 30.9 Å². The van der Waals surface area contributed by atoms with Crippen LogP contribution in [0.1, 0.15) is 15.9 Å². The highest BCUT2D eigenvalue weighted by molar-refractivity contribution is 6.08. The van der Waals surface area contributed by atoms with Gasteiger partial charge in [-0.1, -0.05) is 12.6 Å². The number of Topliss-reactive ketones (excluding diaryl/α,β-unsaturated/α-hetero) is 1. The predicted octanol–water partition coefficient (Wildman–Crippen LogP) is 1.55. The second kappa shape index (κ2) is 3.10. The molecule has 3 heteroatoms. The third-order valence-electron chi connectivity index (χ3n) is 2.21. The maximum absolute atomic E-state index is 11.1. The van der Waals surface area contributed by atoms with Gasteiger partial charge in [-0.05, 0) is 23.8 Å². The van der Waals surface area contributed by atoms with Crippen LogP contribution in [0.3, 0.4) is 0 Å². The zero-order valence-corrected chi connectivity index (χ0v) is 7.54. The van der Waals surface area contributed by atoms with Gasteiger partial charge < -0.3 is 5.32 Å². The summed E-state index contributed by atoms with van der Waals surface area (Å²) in [4.78, 5) is 22.1. The van der Waals surface area contributed by atoms with Gasteiger partial charge in [0.2, 0.25) is 5.91 Å². The highest BCUT2D eigenvalue weighted by Crippen LogP contribution is 2.25. The maximum Gasteiger partial charge on any atom is 0.247 e. The van der Waals surface area contributed by atoms with E-state index in [1.54, 1.807) is 12.1 Å². The summed E-state index contributed by atoms with van der Waals surface area (Å²) >= 11 is 0. The first kappa shape index (κ1) is 8.69. The van der Waals surface area contributed by atoms with Gasteiger partial charge in [-0.25, -0.2) is 0 Å². The molecule has 0 spiro atoms. The minimum atomic E-state index is -0.267. The van der Waals surface area contributed by atoms with Crippen LogP contribution in [0.2, 0.25) is 0 Å². The Labute approximate surface area is 81.4 Å². The van der Waals surface area contributed by atoms with Crippen molar-refractivity contribution in [2.75, 3.05) is 5.32 Å². The van der Waals surface area contributed by atoms with Crippen molar-refractivity contribution in [2.24, 2.45) is 0 Å². The summed E-state index contributed by atoms with van der Waals surface area (Å²) in [5.41, 5.74) is 2.40. The van der Waals surface area contributed by atoms with E-state index in [1.165, 1.54) is 6.08 Å². The lowest BCUT2D eigenvalue weighted by Crippen LogP contribution is -2.19. The summed E-state index contributed by atoms with van der Waals surface area (Å²) < 4.78 is 0. The van der Waals surface area contributed by atoms with Crippen LogP contribution in [0.5, 0.6) is 0 Å². The van der Waals surface area contributed by atoms with Crippen molar-refractivity contribution in [3.8, 4) is 0 Å². The lowest BCUT2D eigenvalue weighted by molar-refractivity contribution is -0.111. The van der Waals surface area contributed by atoms with E-state index in [0.29, 0.717) is 17.7 Å². The van der Waals surface area contributed by atoms with Crippen molar-refractivity contribution >= 4 is 17.4 Å². The van der Waals surface area contributed by atoms with Crippen LogP contribution in [0.25, 0.3) is 0 Å². The van der Waals surface area contributed by atoms with Crippen LogP contribution in [-0.4, -0.2) is 11.7 Å². The zero-order valence-electron chi connectivity index (χ0n) is 7.54. The highest BCUT2D eigenvalue weighted by Gasteiger charge is 2.22. The topological polar surface area (TPSA) is 46.2 Å². The molecule has 1 N–H and O–H groups in total. The van der Waals surface area contributed by atoms with Crippen molar-refractivity contribution < 1.29 is 9.59 Å². The van der Waals surface area contributed by atoms with E-state index in [0.717, 1.165) is 5.56 Å². The molecule has 0 fully saturated rings. The molecule has 0 aromatic heterocycles. The number of fused-ring (bicyclic) bond motifs is 1. The van der Waals surface area contributed by atoms with E-state index in [1.807, 2.05) is 6.07 Å². The van der Waals surface area contributed by atoms with Gasteiger partial charge in [-0.2, -0.15) is 0 Å². The summed E-state index contributed by atoms with van der Waals surface area (Å²) in [7, 11) is 0. The largest absolute Gasteiger partial charge is 0.323 e. The van der Waals surface area contributed by atoms with Gasteiger partial charge in [-0.15, -0.1) is 0 Å². The fourth-order valence-electron chi connectivity index (χ4n) is 1.42. The summed E-state index contributed by atoms with van der Waals surface area (Å²) in [5, 5.41) is 2.60. The predicted molar refractivity (Wildman–Crippen MR) is 53.3 cm³/mol. The van der Waals surface area contributed by atoms with Crippen molar-refractivity contribution in [1.82, 2.24) is 0 Å². The van der Waals surface area contributed by atoms with Crippen molar-refractivity contribution in [1.29, 1.82) is 0 Å². The molecule has 70 valence electrons. The summed E-state index contributed by atoms with van der Waals surface area (Å²) in [6.07, 6.45) is 1.71. The van der Waals surface area contributed by atoms with E-state index < -0.39 is 0 Å². The second-order valence-corrected chi connectivity index (χ2v) is 3.17. The lowest BCUT2D eigenvalue weighted by Gasteiger charge is -2.17. The molecule has 1 aromatic rings. The minimum Gasteiger partial charge on any atom is -0.323 e. The standard InChI is InChI=1S/C11H9NO2/c1-2-11(14)12-8-4-3-7-5-10(13)9(7)6-8/h2-4,6H,1,5H2,(H,12,14). The molecular formula is C11H9NO2. The number of ketones is 1. The first-order valence-electron chi connectivity index (χ1n) is 4.30. The minimum absolute atomic E-state index is 0.134. The van der Waals surface area contributed by atoms with Gasteiger partial charge >= 0.3 is 0 Å². The molecule has 14 heavy (non-hydrogen) atoms. The van der Waals surface area contributed by atoms with E-state index in [9.17, 15) is 9.59 Å². The third kappa shape index (κ3) is 1.33. The number of amides is 1. The fraction of sp³-hybridized carbons (Fsp3) is 0.0909. The van der Waals surface area contributed by atoms with Gasteiger partial charge in [0.1, 0.15) is 0 Å². The number of hydrogen-bond donors (Lipinski definition) is 1. The molecule has 0 aliphatic heterocycles. The van der Waals surface area contributed by atoms with E-state index in [4.69, 9.17) is 0 Å². The molecule has 1 amide bonds. The lowest BCUT2D eigenvalue weighted by atomic mass is 9.87. The Morgan fingerprint density at radius 3 is 2.93 bits per heavy atom. The quantitative estimate of drug-likeness (QED) is 0.714. The number of anilines is 1. The zero-order chi connectivity index (χ0) is 10.1. The molecule has 0 saturated carbocycles. The summed E-state index contributed by atoms with van der Waals surface area (Å²) in [5.74, 6) is -0.133. The second-order valence-electron chi connectivity index (χ2n) is 3.17. The molecule has 3 nitrogen and oxygen atoms in total. The first-order valence-corrected chi connectivity index (χ1v) is 4.30. The van der Waals surface area contributed by atoms with Crippen LogP contribution in [0.4, 0.5) is 5.69 Å². The SMILES string of the molecule is C=CC(=O)Nc1ccc2c(c1)C(=O)C2. The monoisotopic (exact) mass is 187 g/mol. The molecular weight excluding hydrogens is 178 g/mol. The highest BCUT2D eigenvalue weighted by atomic mass is 16.1. The number of carbonyl (C=O) groups excluding carboxylic acids is 2. The Morgan fingerprint density at radius 2 is 2.29 bits per heavy atom. The Balaban J connectivity index is 2.24. The molecule has 1 aliphatic carbocycles. The van der Waals surface area contributed by atoms with E-state index in [2.05, 4.69) is 11.9 Å². The molecule has 0 heterocycles. The van der Waals surface area contributed by atoms with Crippen LogP contribution < -0.4 is 5.32 Å². The number of carbonyl (C=O) groups is 2. The van der Waals surface area contributed by atoms with Gasteiger partial charge in [0.15, 0.2) is 5.78 Å². The van der Waals surface area contributed by atoms with Gasteiger partial charge in [0, 0.05) is 17.7 Å². The average Bonchev–Trinajstić information content (AvgIpc) is 2.18. The molecule has 1 aromatic carbocycles. The third-order valence-corrected chi connectivity index (χ3v) is 2.21. The number of hydrogen-bond acceptors (Lipinski definition) is 2. The van der Waals surface area contributed by atoms with Gasteiger partial charge in [-0.3, -0.25) is 9.59 Å². The molecule has 0 unspecified atom stereocenters. The Hall–Kier alpha value is -1.90. The Bertz CT molecular complexity index is 435. The molecule has 2 rings (SSSR count). The van der Waals surface area contributed by atoms with E-state index >= 15 is 0 Å². The molecule has 0 saturated heterocycles. The van der Waals surface area contributed by atoms with Crippen molar-refractivity contribution in [2.45, 2.75) is 6.42 Å². The smallest absolute Gasteiger partial charge is 0.247 e. The Kier molecular flexibility index (Phi) is 1.93. The molecule has 1 aliphatic rings. The Morgan fingerprint density at radius 1 is 1.50 bits per heavy atom. The van der Waals surface area contributed by atoms with Gasteiger partial charge in [0.25, 0.3) is 0 Å². The summed E-state index contributed by atoms with van der Waals surface area (Å²) in [6, 6.07) is 5.34. The molecule has 0 radical (unpaired) electrons. The van der Waals surface area contributed by atoms with E-state index in [-0.39, 0.29) is 11.7 Å². The van der Waals surface area contributed by atoms with Crippen LogP contribution in [0, 0.1) is 0 Å². The fourth-order valence-corrected chi connectivity index (χ4v) is 1.42. The number of benzene rings is 1. The van der Waals surface area contributed by atoms with Crippen LogP contribution >= 0.6 is 0 Å². The van der Waals surface area contributed by atoms with Gasteiger partial charge in [0.05, 0.1) is 0 Å². The molecule has 0 atom stereocenters. The van der Waals surface area contributed by atoms with Crippen molar-refractivity contribution in [3.05, 3.63) is 42.0 Å². The molecule has 0 bridgehead atoms. The average molecular weight is 187 g/mol.